The van der Waals surface area contributed by atoms with Gasteiger partial charge in [0.2, 0.25) is 0 Å². The van der Waals surface area contributed by atoms with Crippen molar-refractivity contribution in [3.63, 3.8) is 0 Å². The number of nitrogens with zero attached hydrogens (tertiary/aromatic N) is 2. The van der Waals surface area contributed by atoms with E-state index in [-0.39, 0.29) is 5.82 Å². The maximum atomic E-state index is 13.0. The summed E-state index contributed by atoms with van der Waals surface area (Å²) in [4.78, 5) is 4.36. The molecule has 0 aliphatic rings. The highest BCUT2D eigenvalue weighted by atomic mass is 127. The summed E-state index contributed by atoms with van der Waals surface area (Å²) in [5.41, 5.74) is 1.72. The summed E-state index contributed by atoms with van der Waals surface area (Å²) in [7, 11) is 0. The molecule has 0 unspecified atom stereocenters. The zero-order chi connectivity index (χ0) is 10.3. The molecular formula is C10H10FIN2. The van der Waals surface area contributed by atoms with Crippen LogP contribution in [0.4, 0.5) is 4.39 Å². The van der Waals surface area contributed by atoms with Crippen molar-refractivity contribution in [2.24, 2.45) is 0 Å². The number of halogens is 2. The Balaban J connectivity index is 2.79. The molecule has 2 nitrogen and oxygen atoms in total. The molecule has 2 rings (SSSR count). The molecule has 0 saturated heterocycles. The molecule has 4 heteroatoms. The Hall–Kier alpha value is -0.650. The number of hydrogen-bond acceptors (Lipinski definition) is 1. The maximum Gasteiger partial charge on any atom is 0.172 e. The second-order valence-corrected chi connectivity index (χ2v) is 4.44. The second kappa shape index (κ2) is 3.49. The Labute approximate surface area is 95.3 Å². The molecule has 0 amide bonds. The van der Waals surface area contributed by atoms with E-state index in [9.17, 15) is 4.39 Å². The minimum absolute atomic E-state index is 0.212. The number of imidazole rings is 1. The van der Waals surface area contributed by atoms with Gasteiger partial charge in [0.1, 0.15) is 5.82 Å². The van der Waals surface area contributed by atoms with Crippen molar-refractivity contribution < 1.29 is 4.39 Å². The summed E-state index contributed by atoms with van der Waals surface area (Å²) in [6.45, 7) is 4.13. The molecule has 0 aliphatic heterocycles. The molecule has 1 aromatic heterocycles. The Kier molecular flexibility index (Phi) is 2.47. The van der Waals surface area contributed by atoms with Crippen LogP contribution in [0.15, 0.2) is 18.2 Å². The van der Waals surface area contributed by atoms with Gasteiger partial charge >= 0.3 is 0 Å². The van der Waals surface area contributed by atoms with Crippen molar-refractivity contribution >= 4 is 33.6 Å². The Morgan fingerprint density at radius 2 is 2.14 bits per heavy atom. The van der Waals surface area contributed by atoms with E-state index in [0.717, 1.165) is 14.9 Å². The van der Waals surface area contributed by atoms with Gasteiger partial charge in [0.05, 0.1) is 11.0 Å². The predicted octanol–water partition coefficient (Wildman–Crippen LogP) is 3.36. The molecule has 0 N–H and O–H groups in total. The molecule has 0 fully saturated rings. The highest BCUT2D eigenvalue weighted by molar-refractivity contribution is 14.1. The number of hydrogen-bond donors (Lipinski definition) is 0. The standard InChI is InChI=1S/C10H10FIN2/c1-6(2)14-9-5-7(11)3-4-8(9)13-10(14)12/h3-6H,1-2H3. The van der Waals surface area contributed by atoms with Crippen molar-refractivity contribution in [1.82, 2.24) is 9.55 Å². The van der Waals surface area contributed by atoms with E-state index in [1.807, 2.05) is 4.57 Å². The first-order valence-electron chi connectivity index (χ1n) is 4.42. The van der Waals surface area contributed by atoms with Gasteiger partial charge in [0.25, 0.3) is 0 Å². The monoisotopic (exact) mass is 304 g/mol. The smallest absolute Gasteiger partial charge is 0.172 e. The largest absolute Gasteiger partial charge is 0.317 e. The summed E-state index contributed by atoms with van der Waals surface area (Å²) >= 11 is 2.17. The zero-order valence-electron chi connectivity index (χ0n) is 7.96. The lowest BCUT2D eigenvalue weighted by atomic mass is 10.3. The zero-order valence-corrected chi connectivity index (χ0v) is 10.1. The molecule has 0 aliphatic carbocycles. The minimum atomic E-state index is -0.212. The van der Waals surface area contributed by atoms with Crippen LogP contribution in [0.25, 0.3) is 11.0 Å². The van der Waals surface area contributed by atoms with Crippen LogP contribution in [0.2, 0.25) is 0 Å². The molecular weight excluding hydrogens is 294 g/mol. The molecule has 14 heavy (non-hydrogen) atoms. The predicted molar refractivity (Wildman–Crippen MR) is 62.8 cm³/mol. The van der Waals surface area contributed by atoms with Gasteiger partial charge in [-0.25, -0.2) is 9.37 Å². The summed E-state index contributed by atoms with van der Waals surface area (Å²) in [6, 6.07) is 4.99. The van der Waals surface area contributed by atoms with E-state index in [4.69, 9.17) is 0 Å². The topological polar surface area (TPSA) is 17.8 Å². The van der Waals surface area contributed by atoms with Gasteiger partial charge in [-0.1, -0.05) is 0 Å². The van der Waals surface area contributed by atoms with Crippen LogP contribution in [0.3, 0.4) is 0 Å². The van der Waals surface area contributed by atoms with Crippen LogP contribution in [0, 0.1) is 9.65 Å². The molecule has 1 aromatic carbocycles. The molecule has 1 heterocycles. The highest BCUT2D eigenvalue weighted by Crippen LogP contribution is 2.22. The Morgan fingerprint density at radius 1 is 1.43 bits per heavy atom. The lowest BCUT2D eigenvalue weighted by molar-refractivity contribution is 0.597. The fourth-order valence-electron chi connectivity index (χ4n) is 1.53. The van der Waals surface area contributed by atoms with Gasteiger partial charge in [-0.05, 0) is 54.6 Å². The van der Waals surface area contributed by atoms with Crippen LogP contribution in [0.5, 0.6) is 0 Å². The number of aromatic nitrogens is 2. The van der Waals surface area contributed by atoms with Crippen molar-refractivity contribution in [3.05, 3.63) is 27.8 Å². The first-order chi connectivity index (χ1) is 6.59. The average molecular weight is 304 g/mol. The normalized spacial score (nSPS) is 11.5. The van der Waals surface area contributed by atoms with Gasteiger partial charge in [0, 0.05) is 6.04 Å². The lowest BCUT2D eigenvalue weighted by Crippen LogP contribution is -2.02. The van der Waals surface area contributed by atoms with E-state index < -0.39 is 0 Å². The van der Waals surface area contributed by atoms with Crippen molar-refractivity contribution in [2.45, 2.75) is 19.9 Å². The summed E-state index contributed by atoms with van der Waals surface area (Å²) < 4.78 is 16.0. The van der Waals surface area contributed by atoms with E-state index >= 15 is 0 Å². The Morgan fingerprint density at radius 3 is 2.79 bits per heavy atom. The summed E-state index contributed by atoms with van der Waals surface area (Å²) in [6.07, 6.45) is 0. The van der Waals surface area contributed by atoms with E-state index in [1.165, 1.54) is 12.1 Å². The third-order valence-corrected chi connectivity index (χ3v) is 2.89. The number of fused-ring (bicyclic) bond motifs is 1. The van der Waals surface area contributed by atoms with E-state index in [0.29, 0.717) is 6.04 Å². The van der Waals surface area contributed by atoms with Gasteiger partial charge in [-0.2, -0.15) is 0 Å². The fourth-order valence-corrected chi connectivity index (χ4v) is 2.60. The van der Waals surface area contributed by atoms with Crippen molar-refractivity contribution in [2.75, 3.05) is 0 Å². The first kappa shape index (κ1) is 9.89. The molecule has 0 radical (unpaired) electrons. The van der Waals surface area contributed by atoms with Crippen LogP contribution >= 0.6 is 22.6 Å². The molecule has 2 aromatic rings. The van der Waals surface area contributed by atoms with Gasteiger partial charge in [0.15, 0.2) is 3.83 Å². The molecule has 0 atom stereocenters. The molecule has 74 valence electrons. The van der Waals surface area contributed by atoms with Crippen molar-refractivity contribution in [1.29, 1.82) is 0 Å². The fraction of sp³-hybridized carbons (Fsp3) is 0.300. The van der Waals surface area contributed by atoms with E-state index in [2.05, 4.69) is 41.4 Å². The van der Waals surface area contributed by atoms with Crippen LogP contribution in [0.1, 0.15) is 19.9 Å². The number of rotatable bonds is 1. The molecule has 0 saturated carbocycles. The van der Waals surface area contributed by atoms with Gasteiger partial charge in [-0.15, -0.1) is 0 Å². The molecule has 0 spiro atoms. The summed E-state index contributed by atoms with van der Waals surface area (Å²) in [5.74, 6) is -0.212. The van der Waals surface area contributed by atoms with Crippen LogP contribution in [-0.2, 0) is 0 Å². The lowest BCUT2D eigenvalue weighted by Gasteiger charge is -2.09. The first-order valence-corrected chi connectivity index (χ1v) is 5.50. The minimum Gasteiger partial charge on any atom is -0.317 e. The van der Waals surface area contributed by atoms with Gasteiger partial charge in [-0.3, -0.25) is 0 Å². The molecule has 0 bridgehead atoms. The SMILES string of the molecule is CC(C)n1c(I)nc2ccc(F)cc21. The highest BCUT2D eigenvalue weighted by Gasteiger charge is 2.11. The maximum absolute atomic E-state index is 13.0. The van der Waals surface area contributed by atoms with Crippen LogP contribution in [-0.4, -0.2) is 9.55 Å². The average Bonchev–Trinajstić information content (AvgIpc) is 2.40. The quantitative estimate of drug-likeness (QED) is 0.739. The third kappa shape index (κ3) is 1.51. The van der Waals surface area contributed by atoms with Crippen LogP contribution < -0.4 is 0 Å². The van der Waals surface area contributed by atoms with Gasteiger partial charge < -0.3 is 4.57 Å². The van der Waals surface area contributed by atoms with Crippen molar-refractivity contribution in [3.8, 4) is 0 Å². The Bertz CT molecular complexity index is 476. The third-order valence-electron chi connectivity index (χ3n) is 2.12. The number of benzene rings is 1. The van der Waals surface area contributed by atoms with E-state index in [1.54, 1.807) is 6.07 Å². The second-order valence-electron chi connectivity index (χ2n) is 3.48. The summed E-state index contributed by atoms with van der Waals surface area (Å²) in [5, 5.41) is 0.